The van der Waals surface area contributed by atoms with E-state index in [1.54, 1.807) is 13.8 Å². The van der Waals surface area contributed by atoms with Crippen molar-refractivity contribution in [2.75, 3.05) is 6.61 Å². The highest BCUT2D eigenvalue weighted by Crippen LogP contribution is 2.27. The molecule has 8 heteroatoms. The number of nitrogens with zero attached hydrogens (tertiary/aromatic N) is 2. The average molecular weight is 408 g/mol. The lowest BCUT2D eigenvalue weighted by Crippen LogP contribution is -2.37. The minimum Gasteiger partial charge on any atom is -0.462 e. The van der Waals surface area contributed by atoms with Crippen molar-refractivity contribution in [2.45, 2.75) is 72.4 Å². The third kappa shape index (κ3) is 5.41. The van der Waals surface area contributed by atoms with Crippen LogP contribution in [0.5, 0.6) is 0 Å². The number of unbranched alkanes of at least 4 members (excludes halogenated alkanes) is 3. The number of hydrogen-bond donors (Lipinski definition) is 1. The number of aromatic nitrogens is 2. The Hall–Kier alpha value is -2.22. The zero-order valence-corrected chi connectivity index (χ0v) is 17.9. The van der Waals surface area contributed by atoms with Crippen molar-refractivity contribution in [2.24, 2.45) is 0 Å². The van der Waals surface area contributed by atoms with Gasteiger partial charge in [0, 0.05) is 6.04 Å². The van der Waals surface area contributed by atoms with Crippen molar-refractivity contribution in [3.05, 3.63) is 27.1 Å². The van der Waals surface area contributed by atoms with E-state index in [2.05, 4.69) is 17.2 Å². The fourth-order valence-corrected chi connectivity index (χ4v) is 4.12. The molecule has 0 bridgehead atoms. The summed E-state index contributed by atoms with van der Waals surface area (Å²) in [7, 11) is 0. The zero-order valence-electron chi connectivity index (χ0n) is 17.0. The molecular weight excluding hydrogens is 378 g/mol. The van der Waals surface area contributed by atoms with E-state index in [1.165, 1.54) is 23.7 Å². The Kier molecular flexibility index (Phi) is 8.17. The first-order valence-corrected chi connectivity index (χ1v) is 10.7. The molecule has 0 fully saturated rings. The van der Waals surface area contributed by atoms with Crippen LogP contribution in [0.25, 0.3) is 10.2 Å². The van der Waals surface area contributed by atoms with Crippen LogP contribution in [0, 0.1) is 6.92 Å². The van der Waals surface area contributed by atoms with Gasteiger partial charge in [0.15, 0.2) is 0 Å². The SMILES string of the molecule is CCCCCC[C@H](C)NC(=O)Cn1cnc2sc(C(=O)OCC)c(C)c2c1=O. The second kappa shape index (κ2) is 10.4. The molecule has 0 saturated heterocycles. The van der Waals surface area contributed by atoms with Gasteiger partial charge in [-0.2, -0.15) is 0 Å². The lowest BCUT2D eigenvalue weighted by Gasteiger charge is -2.14. The largest absolute Gasteiger partial charge is 0.462 e. The number of fused-ring (bicyclic) bond motifs is 1. The van der Waals surface area contributed by atoms with Gasteiger partial charge in [-0.15, -0.1) is 11.3 Å². The third-order valence-corrected chi connectivity index (χ3v) is 5.77. The molecule has 0 saturated carbocycles. The molecule has 2 aromatic rings. The van der Waals surface area contributed by atoms with E-state index in [9.17, 15) is 14.4 Å². The van der Waals surface area contributed by atoms with Gasteiger partial charge in [0.2, 0.25) is 5.91 Å². The fourth-order valence-electron chi connectivity index (χ4n) is 3.09. The molecule has 0 aliphatic carbocycles. The summed E-state index contributed by atoms with van der Waals surface area (Å²) in [6, 6.07) is 0.0649. The number of aryl methyl sites for hydroxylation is 1. The Labute approximate surface area is 169 Å². The van der Waals surface area contributed by atoms with E-state index in [4.69, 9.17) is 4.74 Å². The molecule has 28 heavy (non-hydrogen) atoms. The predicted molar refractivity (Wildman–Crippen MR) is 111 cm³/mol. The molecule has 1 atom stereocenters. The normalized spacial score (nSPS) is 12.1. The van der Waals surface area contributed by atoms with E-state index in [0.29, 0.717) is 20.7 Å². The summed E-state index contributed by atoms with van der Waals surface area (Å²) < 4.78 is 6.32. The maximum absolute atomic E-state index is 12.8. The van der Waals surface area contributed by atoms with Gasteiger partial charge in [-0.05, 0) is 32.8 Å². The minimum absolute atomic E-state index is 0.0649. The van der Waals surface area contributed by atoms with E-state index in [1.807, 2.05) is 6.92 Å². The van der Waals surface area contributed by atoms with Gasteiger partial charge in [-0.1, -0.05) is 32.6 Å². The highest BCUT2D eigenvalue weighted by atomic mass is 32.1. The second-order valence-corrected chi connectivity index (χ2v) is 7.95. The van der Waals surface area contributed by atoms with Crippen LogP contribution in [0.2, 0.25) is 0 Å². The quantitative estimate of drug-likeness (QED) is 0.481. The van der Waals surface area contributed by atoms with Crippen molar-refractivity contribution in [3.63, 3.8) is 0 Å². The van der Waals surface area contributed by atoms with E-state index < -0.39 is 5.97 Å². The number of hydrogen-bond acceptors (Lipinski definition) is 6. The Bertz CT molecular complexity index is 887. The molecule has 2 rings (SSSR count). The van der Waals surface area contributed by atoms with Crippen LogP contribution >= 0.6 is 11.3 Å². The third-order valence-electron chi connectivity index (χ3n) is 4.59. The van der Waals surface area contributed by atoms with Crippen LogP contribution in [0.3, 0.4) is 0 Å². The molecule has 2 heterocycles. The number of amides is 1. The van der Waals surface area contributed by atoms with Crippen LogP contribution in [0.4, 0.5) is 0 Å². The highest BCUT2D eigenvalue weighted by molar-refractivity contribution is 7.20. The first-order chi connectivity index (χ1) is 13.4. The molecule has 154 valence electrons. The summed E-state index contributed by atoms with van der Waals surface area (Å²) in [5.41, 5.74) is 0.232. The standard InChI is InChI=1S/C20H29N3O4S/c1-5-7-8-9-10-13(3)22-15(24)11-23-12-21-18-16(19(23)25)14(4)17(28-18)20(26)27-6-2/h12-13H,5-11H2,1-4H3,(H,22,24)/t13-/m0/s1. The van der Waals surface area contributed by atoms with Gasteiger partial charge in [0.25, 0.3) is 5.56 Å². The minimum atomic E-state index is -0.455. The molecule has 1 N–H and O–H groups in total. The van der Waals surface area contributed by atoms with Crippen LogP contribution < -0.4 is 10.9 Å². The summed E-state index contributed by atoms with van der Waals surface area (Å²) >= 11 is 1.14. The summed E-state index contributed by atoms with van der Waals surface area (Å²) in [5, 5.41) is 3.31. The topological polar surface area (TPSA) is 90.3 Å². The van der Waals surface area contributed by atoms with Crippen LogP contribution in [-0.4, -0.2) is 34.1 Å². The average Bonchev–Trinajstić information content (AvgIpc) is 2.99. The van der Waals surface area contributed by atoms with E-state index in [-0.39, 0.29) is 30.7 Å². The molecule has 0 unspecified atom stereocenters. The van der Waals surface area contributed by atoms with Gasteiger partial charge >= 0.3 is 5.97 Å². The number of rotatable bonds is 10. The molecule has 0 aromatic carbocycles. The molecule has 0 spiro atoms. The van der Waals surface area contributed by atoms with Crippen molar-refractivity contribution in [3.8, 4) is 0 Å². The molecule has 0 aliphatic heterocycles. The number of carbonyl (C=O) groups is 2. The van der Waals surface area contributed by atoms with Crippen molar-refractivity contribution < 1.29 is 14.3 Å². The van der Waals surface area contributed by atoms with Gasteiger partial charge in [0.05, 0.1) is 18.3 Å². The highest BCUT2D eigenvalue weighted by Gasteiger charge is 2.21. The molecule has 7 nitrogen and oxygen atoms in total. The van der Waals surface area contributed by atoms with Crippen LogP contribution in [0.1, 0.15) is 68.1 Å². The van der Waals surface area contributed by atoms with E-state index in [0.717, 1.165) is 30.6 Å². The van der Waals surface area contributed by atoms with Crippen LogP contribution in [0.15, 0.2) is 11.1 Å². The smallest absolute Gasteiger partial charge is 0.348 e. The molecule has 1 amide bonds. The van der Waals surface area contributed by atoms with E-state index >= 15 is 0 Å². The number of thiophene rings is 1. The lowest BCUT2D eigenvalue weighted by atomic mass is 10.1. The summed E-state index contributed by atoms with van der Waals surface area (Å²) in [6.07, 6.45) is 6.91. The number of nitrogens with one attached hydrogen (secondary N) is 1. The Morgan fingerprint density at radius 2 is 2.04 bits per heavy atom. The van der Waals surface area contributed by atoms with Gasteiger partial charge in [0.1, 0.15) is 16.3 Å². The van der Waals surface area contributed by atoms with Crippen LogP contribution in [-0.2, 0) is 16.1 Å². The maximum Gasteiger partial charge on any atom is 0.348 e. The Balaban J connectivity index is 2.10. The predicted octanol–water partition coefficient (Wildman–Crippen LogP) is 3.42. The van der Waals surface area contributed by atoms with Gasteiger partial charge in [-0.25, -0.2) is 9.78 Å². The number of esters is 1. The van der Waals surface area contributed by atoms with Gasteiger partial charge < -0.3 is 10.1 Å². The first kappa shape index (κ1) is 22.1. The van der Waals surface area contributed by atoms with Crippen molar-refractivity contribution in [1.29, 1.82) is 0 Å². The monoisotopic (exact) mass is 407 g/mol. The summed E-state index contributed by atoms with van der Waals surface area (Å²) in [4.78, 5) is 42.3. The van der Waals surface area contributed by atoms with Gasteiger partial charge in [-0.3, -0.25) is 14.2 Å². The maximum atomic E-state index is 12.8. The summed E-state index contributed by atoms with van der Waals surface area (Å²) in [5.74, 6) is -0.673. The molecule has 0 radical (unpaired) electrons. The first-order valence-electron chi connectivity index (χ1n) is 9.84. The molecule has 0 aliphatic rings. The zero-order chi connectivity index (χ0) is 20.7. The summed E-state index contributed by atoms with van der Waals surface area (Å²) in [6.45, 7) is 7.75. The lowest BCUT2D eigenvalue weighted by molar-refractivity contribution is -0.122. The fraction of sp³-hybridized carbons (Fsp3) is 0.600. The van der Waals surface area contributed by atoms with Crippen molar-refractivity contribution >= 4 is 33.4 Å². The number of ether oxygens (including phenoxy) is 1. The number of carbonyl (C=O) groups excluding carboxylic acids is 2. The van der Waals surface area contributed by atoms with Crippen molar-refractivity contribution in [1.82, 2.24) is 14.9 Å². The second-order valence-electron chi connectivity index (χ2n) is 6.95. The molecule has 2 aromatic heterocycles. The Morgan fingerprint density at radius 1 is 1.29 bits per heavy atom. The Morgan fingerprint density at radius 3 is 2.71 bits per heavy atom. The molecular formula is C20H29N3O4S.